The van der Waals surface area contributed by atoms with E-state index in [2.05, 4.69) is 5.32 Å². The number of benzene rings is 2. The molecule has 1 N–H and O–H groups in total. The first kappa shape index (κ1) is 15.5. The summed E-state index contributed by atoms with van der Waals surface area (Å²) >= 11 is 6.16. The highest BCUT2D eigenvalue weighted by Crippen LogP contribution is 2.35. The smallest absolute Gasteiger partial charge is 0.166 e. The number of methoxy groups -OCH3 is 1. The Morgan fingerprint density at radius 2 is 1.86 bits per heavy atom. The molecule has 0 heterocycles. The molecule has 0 unspecified atom stereocenters. The Labute approximate surface area is 130 Å². The van der Waals surface area contributed by atoms with Crippen LogP contribution in [0.3, 0.4) is 0 Å². The highest BCUT2D eigenvalue weighted by Gasteiger charge is 2.14. The Hall–Kier alpha value is -1.87. The lowest BCUT2D eigenvalue weighted by molar-refractivity contribution is 0.228. The van der Waals surface area contributed by atoms with E-state index in [1.165, 1.54) is 0 Å². The van der Waals surface area contributed by atoms with Crippen molar-refractivity contribution in [2.45, 2.75) is 26.5 Å². The molecule has 4 heteroatoms. The van der Waals surface area contributed by atoms with Gasteiger partial charge in [0.15, 0.2) is 11.5 Å². The van der Waals surface area contributed by atoms with Crippen molar-refractivity contribution < 1.29 is 9.47 Å². The molecule has 0 atom stereocenters. The molecule has 21 heavy (non-hydrogen) atoms. The Morgan fingerprint density at radius 1 is 1.14 bits per heavy atom. The molecule has 0 aromatic heterocycles. The van der Waals surface area contributed by atoms with Crippen molar-refractivity contribution in [2.75, 3.05) is 12.4 Å². The Morgan fingerprint density at radius 3 is 2.48 bits per heavy atom. The van der Waals surface area contributed by atoms with Crippen molar-refractivity contribution in [3.63, 3.8) is 0 Å². The van der Waals surface area contributed by atoms with Crippen LogP contribution in [0.15, 0.2) is 42.5 Å². The quantitative estimate of drug-likeness (QED) is 0.835. The van der Waals surface area contributed by atoms with Crippen molar-refractivity contribution in [1.82, 2.24) is 0 Å². The van der Waals surface area contributed by atoms with E-state index in [0.717, 1.165) is 17.0 Å². The van der Waals surface area contributed by atoms with Gasteiger partial charge in [-0.3, -0.25) is 0 Å². The number of hydrogen-bond donors (Lipinski definition) is 1. The minimum atomic E-state index is 0.0653. The van der Waals surface area contributed by atoms with Gasteiger partial charge in [-0.25, -0.2) is 0 Å². The monoisotopic (exact) mass is 305 g/mol. The number of anilines is 1. The molecule has 0 saturated heterocycles. The summed E-state index contributed by atoms with van der Waals surface area (Å²) in [5.74, 6) is 1.39. The normalized spacial score (nSPS) is 10.5. The van der Waals surface area contributed by atoms with Crippen LogP contribution in [0.1, 0.15) is 19.4 Å². The van der Waals surface area contributed by atoms with Crippen LogP contribution in [-0.2, 0) is 6.54 Å². The van der Waals surface area contributed by atoms with Gasteiger partial charge < -0.3 is 14.8 Å². The molecule has 0 aliphatic carbocycles. The van der Waals surface area contributed by atoms with Gasteiger partial charge >= 0.3 is 0 Å². The fourth-order valence-electron chi connectivity index (χ4n) is 2.03. The summed E-state index contributed by atoms with van der Waals surface area (Å²) < 4.78 is 11.3. The molecule has 0 amide bonds. The highest BCUT2D eigenvalue weighted by atomic mass is 35.5. The number of hydrogen-bond acceptors (Lipinski definition) is 3. The van der Waals surface area contributed by atoms with Crippen molar-refractivity contribution in [3.8, 4) is 11.5 Å². The number of para-hydroxylation sites is 1. The second-order valence-electron chi connectivity index (χ2n) is 4.98. The van der Waals surface area contributed by atoms with Crippen molar-refractivity contribution >= 4 is 17.3 Å². The fraction of sp³-hybridized carbons (Fsp3) is 0.294. The van der Waals surface area contributed by atoms with Crippen LogP contribution in [-0.4, -0.2) is 13.2 Å². The molecule has 3 nitrogen and oxygen atoms in total. The molecule has 0 spiro atoms. The summed E-state index contributed by atoms with van der Waals surface area (Å²) in [7, 11) is 1.62. The summed E-state index contributed by atoms with van der Waals surface area (Å²) in [4.78, 5) is 0. The Bertz CT molecular complexity index is 585. The first-order chi connectivity index (χ1) is 10.1. The van der Waals surface area contributed by atoms with E-state index in [4.69, 9.17) is 21.1 Å². The van der Waals surface area contributed by atoms with E-state index >= 15 is 0 Å². The van der Waals surface area contributed by atoms with Crippen LogP contribution in [0.5, 0.6) is 11.5 Å². The zero-order valence-corrected chi connectivity index (χ0v) is 13.3. The number of halogens is 1. The first-order valence-corrected chi connectivity index (χ1v) is 7.30. The molecule has 0 radical (unpaired) electrons. The van der Waals surface area contributed by atoms with E-state index in [-0.39, 0.29) is 6.10 Å². The second-order valence-corrected chi connectivity index (χ2v) is 5.42. The molecule has 2 aromatic rings. The van der Waals surface area contributed by atoms with Crippen LogP contribution in [0.2, 0.25) is 5.02 Å². The molecule has 2 aromatic carbocycles. The lowest BCUT2D eigenvalue weighted by Gasteiger charge is -2.18. The molecule has 0 bridgehead atoms. The fourth-order valence-corrected chi connectivity index (χ4v) is 2.26. The van der Waals surface area contributed by atoms with Crippen LogP contribution in [0.4, 0.5) is 5.69 Å². The maximum Gasteiger partial charge on any atom is 0.166 e. The zero-order valence-electron chi connectivity index (χ0n) is 12.5. The minimum absolute atomic E-state index is 0.0653. The van der Waals surface area contributed by atoms with Gasteiger partial charge in [0.1, 0.15) is 0 Å². The van der Waals surface area contributed by atoms with Gasteiger partial charge in [0, 0.05) is 28.9 Å². The second kappa shape index (κ2) is 7.23. The van der Waals surface area contributed by atoms with Crippen LogP contribution >= 0.6 is 11.6 Å². The van der Waals surface area contributed by atoms with Gasteiger partial charge in [-0.05, 0) is 32.0 Å². The topological polar surface area (TPSA) is 30.5 Å². The van der Waals surface area contributed by atoms with Gasteiger partial charge in [0.05, 0.1) is 13.2 Å². The summed E-state index contributed by atoms with van der Waals surface area (Å²) in [5, 5.41) is 3.99. The standard InChI is InChI=1S/C17H20ClNO2/c1-12(2)21-17-13(9-14(18)10-16(17)20-3)11-19-15-7-5-4-6-8-15/h4-10,12,19H,11H2,1-3H3. The Balaban J connectivity index is 2.25. The average molecular weight is 306 g/mol. The first-order valence-electron chi connectivity index (χ1n) is 6.92. The third kappa shape index (κ3) is 4.30. The van der Waals surface area contributed by atoms with Crippen LogP contribution in [0, 0.1) is 0 Å². The van der Waals surface area contributed by atoms with Gasteiger partial charge in [0.2, 0.25) is 0 Å². The van der Waals surface area contributed by atoms with Gasteiger partial charge in [-0.2, -0.15) is 0 Å². The molecular formula is C17H20ClNO2. The Kier molecular flexibility index (Phi) is 5.34. The third-order valence-corrected chi connectivity index (χ3v) is 3.14. The number of rotatable bonds is 6. The SMILES string of the molecule is COc1cc(Cl)cc(CNc2ccccc2)c1OC(C)C. The van der Waals surface area contributed by atoms with E-state index in [9.17, 15) is 0 Å². The lowest BCUT2D eigenvalue weighted by atomic mass is 10.1. The molecular weight excluding hydrogens is 286 g/mol. The maximum absolute atomic E-state index is 6.16. The summed E-state index contributed by atoms with van der Waals surface area (Å²) in [6.07, 6.45) is 0.0653. The summed E-state index contributed by atoms with van der Waals surface area (Å²) in [5.41, 5.74) is 2.02. The predicted molar refractivity (Wildman–Crippen MR) is 87.5 cm³/mol. The molecule has 2 rings (SSSR count). The van der Waals surface area contributed by atoms with E-state index in [0.29, 0.717) is 17.3 Å². The summed E-state index contributed by atoms with van der Waals surface area (Å²) in [6, 6.07) is 13.7. The molecule has 0 fully saturated rings. The molecule has 0 aliphatic rings. The highest BCUT2D eigenvalue weighted by molar-refractivity contribution is 6.30. The maximum atomic E-state index is 6.16. The zero-order chi connectivity index (χ0) is 15.2. The summed E-state index contributed by atoms with van der Waals surface area (Å²) in [6.45, 7) is 4.59. The molecule has 0 aliphatic heterocycles. The van der Waals surface area contributed by atoms with E-state index in [1.807, 2.05) is 50.2 Å². The van der Waals surface area contributed by atoms with Crippen LogP contribution in [0.25, 0.3) is 0 Å². The van der Waals surface area contributed by atoms with Crippen LogP contribution < -0.4 is 14.8 Å². The lowest BCUT2D eigenvalue weighted by Crippen LogP contribution is -2.10. The van der Waals surface area contributed by atoms with Gasteiger partial charge in [-0.15, -0.1) is 0 Å². The minimum Gasteiger partial charge on any atom is -0.493 e. The van der Waals surface area contributed by atoms with E-state index < -0.39 is 0 Å². The van der Waals surface area contributed by atoms with E-state index in [1.54, 1.807) is 13.2 Å². The van der Waals surface area contributed by atoms with Gasteiger partial charge in [-0.1, -0.05) is 29.8 Å². The molecule has 112 valence electrons. The van der Waals surface area contributed by atoms with Crippen molar-refractivity contribution in [2.24, 2.45) is 0 Å². The van der Waals surface area contributed by atoms with Gasteiger partial charge in [0.25, 0.3) is 0 Å². The van der Waals surface area contributed by atoms with Crippen molar-refractivity contribution in [3.05, 3.63) is 53.1 Å². The number of ether oxygens (including phenoxy) is 2. The van der Waals surface area contributed by atoms with Crippen molar-refractivity contribution in [1.29, 1.82) is 0 Å². The predicted octanol–water partition coefficient (Wildman–Crippen LogP) is 4.75. The third-order valence-electron chi connectivity index (χ3n) is 2.93. The largest absolute Gasteiger partial charge is 0.493 e. The molecule has 0 saturated carbocycles. The number of nitrogens with one attached hydrogen (secondary N) is 1. The average Bonchev–Trinajstić information content (AvgIpc) is 2.47.